The first-order valence-electron chi connectivity index (χ1n) is 7.92. The van der Waals surface area contributed by atoms with Crippen LogP contribution in [-0.4, -0.2) is 30.4 Å². The number of carbonyl (C=O) groups is 1. The summed E-state index contributed by atoms with van der Waals surface area (Å²) < 4.78 is 3.30. The van der Waals surface area contributed by atoms with E-state index in [4.69, 9.17) is 0 Å². The SMILES string of the molecule is O=C(O)c1ccc(-c2nn(CCn3ccnc3)c(=O)c3ccccc23)s1. The molecule has 0 fully saturated rings. The molecule has 0 saturated heterocycles. The van der Waals surface area contributed by atoms with Gasteiger partial charge >= 0.3 is 5.97 Å². The normalized spacial score (nSPS) is 11.1. The predicted molar refractivity (Wildman–Crippen MR) is 98.5 cm³/mol. The Hall–Kier alpha value is -3.26. The number of aromatic carboxylic acids is 1. The van der Waals surface area contributed by atoms with E-state index in [1.54, 1.807) is 30.7 Å². The molecule has 0 bridgehead atoms. The number of aryl methyl sites for hydroxylation is 2. The van der Waals surface area contributed by atoms with Crippen molar-refractivity contribution in [2.45, 2.75) is 13.1 Å². The van der Waals surface area contributed by atoms with Crippen molar-refractivity contribution >= 4 is 28.1 Å². The van der Waals surface area contributed by atoms with Crippen LogP contribution in [0, 0.1) is 0 Å². The Bertz CT molecular complexity index is 1140. The van der Waals surface area contributed by atoms with Gasteiger partial charge in [0.2, 0.25) is 0 Å². The molecular formula is C18H14N4O3S. The number of benzene rings is 1. The van der Waals surface area contributed by atoms with Crippen LogP contribution in [0.1, 0.15) is 9.67 Å². The molecule has 0 aliphatic heterocycles. The molecule has 8 heteroatoms. The zero-order chi connectivity index (χ0) is 18.1. The third-order valence-corrected chi connectivity index (χ3v) is 5.13. The van der Waals surface area contributed by atoms with Crippen molar-refractivity contribution in [2.75, 3.05) is 0 Å². The van der Waals surface area contributed by atoms with Crippen LogP contribution in [-0.2, 0) is 13.1 Å². The summed E-state index contributed by atoms with van der Waals surface area (Å²) in [6, 6.07) is 10.5. The molecule has 3 heterocycles. The van der Waals surface area contributed by atoms with Crippen LogP contribution in [0.2, 0.25) is 0 Å². The third-order valence-electron chi connectivity index (χ3n) is 4.05. The highest BCUT2D eigenvalue weighted by Crippen LogP contribution is 2.30. The number of hydrogen-bond acceptors (Lipinski definition) is 5. The fourth-order valence-electron chi connectivity index (χ4n) is 2.78. The highest BCUT2D eigenvalue weighted by atomic mass is 32.1. The van der Waals surface area contributed by atoms with E-state index < -0.39 is 5.97 Å². The van der Waals surface area contributed by atoms with Crippen molar-refractivity contribution in [3.05, 3.63) is 70.4 Å². The number of imidazole rings is 1. The van der Waals surface area contributed by atoms with Gasteiger partial charge in [0.05, 0.1) is 23.1 Å². The minimum absolute atomic E-state index is 0.167. The van der Waals surface area contributed by atoms with Crippen LogP contribution < -0.4 is 5.56 Å². The van der Waals surface area contributed by atoms with E-state index in [9.17, 15) is 14.7 Å². The van der Waals surface area contributed by atoms with Crippen LogP contribution in [0.3, 0.4) is 0 Å². The molecule has 0 spiro atoms. The van der Waals surface area contributed by atoms with Crippen molar-refractivity contribution in [1.82, 2.24) is 19.3 Å². The van der Waals surface area contributed by atoms with E-state index in [2.05, 4.69) is 10.1 Å². The van der Waals surface area contributed by atoms with Gasteiger partial charge in [-0.1, -0.05) is 18.2 Å². The average molecular weight is 366 g/mol. The first-order chi connectivity index (χ1) is 12.6. The number of hydrogen-bond donors (Lipinski definition) is 1. The lowest BCUT2D eigenvalue weighted by Crippen LogP contribution is -2.25. The molecule has 0 aliphatic rings. The number of thiophene rings is 1. The van der Waals surface area contributed by atoms with Gasteiger partial charge in [0.15, 0.2) is 0 Å². The lowest BCUT2D eigenvalue weighted by Gasteiger charge is -2.10. The topological polar surface area (TPSA) is 90.0 Å². The Morgan fingerprint density at radius 1 is 1.12 bits per heavy atom. The summed E-state index contributed by atoms with van der Waals surface area (Å²) in [4.78, 5) is 28.9. The van der Waals surface area contributed by atoms with Crippen molar-refractivity contribution in [3.8, 4) is 10.6 Å². The molecule has 0 radical (unpaired) electrons. The largest absolute Gasteiger partial charge is 0.477 e. The van der Waals surface area contributed by atoms with E-state index >= 15 is 0 Å². The summed E-state index contributed by atoms with van der Waals surface area (Å²) in [6.45, 7) is 0.958. The van der Waals surface area contributed by atoms with E-state index in [0.29, 0.717) is 24.2 Å². The lowest BCUT2D eigenvalue weighted by molar-refractivity contribution is 0.0702. The zero-order valence-electron chi connectivity index (χ0n) is 13.6. The average Bonchev–Trinajstić information content (AvgIpc) is 3.33. The lowest BCUT2D eigenvalue weighted by atomic mass is 10.1. The maximum Gasteiger partial charge on any atom is 0.345 e. The first-order valence-corrected chi connectivity index (χ1v) is 8.74. The molecule has 4 aromatic rings. The van der Waals surface area contributed by atoms with Gasteiger partial charge in [0, 0.05) is 24.3 Å². The van der Waals surface area contributed by atoms with Crippen LogP contribution >= 0.6 is 11.3 Å². The van der Waals surface area contributed by atoms with E-state index in [1.807, 2.05) is 29.0 Å². The number of nitrogens with zero attached hydrogens (tertiary/aromatic N) is 4. The van der Waals surface area contributed by atoms with Gasteiger partial charge in [-0.25, -0.2) is 14.5 Å². The second-order valence-corrected chi connectivity index (χ2v) is 6.78. The van der Waals surface area contributed by atoms with Crippen LogP contribution in [0.15, 0.2) is 59.9 Å². The maximum atomic E-state index is 12.8. The quantitative estimate of drug-likeness (QED) is 0.586. The molecule has 0 unspecified atom stereocenters. The molecule has 0 amide bonds. The van der Waals surface area contributed by atoms with Crippen LogP contribution in [0.5, 0.6) is 0 Å². The zero-order valence-corrected chi connectivity index (χ0v) is 14.4. The molecular weight excluding hydrogens is 352 g/mol. The summed E-state index contributed by atoms with van der Waals surface area (Å²) in [5.74, 6) is -0.973. The maximum absolute atomic E-state index is 12.8. The van der Waals surface area contributed by atoms with Crippen molar-refractivity contribution in [2.24, 2.45) is 0 Å². The fourth-order valence-corrected chi connectivity index (χ4v) is 3.62. The molecule has 3 aromatic heterocycles. The Labute approximate surface area is 151 Å². The molecule has 7 nitrogen and oxygen atoms in total. The summed E-state index contributed by atoms with van der Waals surface area (Å²) in [6.07, 6.45) is 5.19. The molecule has 0 aliphatic carbocycles. The van der Waals surface area contributed by atoms with Gasteiger partial charge in [0.1, 0.15) is 10.6 Å². The molecule has 0 atom stereocenters. The van der Waals surface area contributed by atoms with Crippen LogP contribution in [0.25, 0.3) is 21.3 Å². The van der Waals surface area contributed by atoms with Gasteiger partial charge in [-0.05, 0) is 18.2 Å². The van der Waals surface area contributed by atoms with Crippen LogP contribution in [0.4, 0.5) is 0 Å². The molecule has 4 rings (SSSR count). The highest BCUT2D eigenvalue weighted by Gasteiger charge is 2.15. The third kappa shape index (κ3) is 2.91. The van der Waals surface area contributed by atoms with E-state index in [1.165, 1.54) is 4.68 Å². The van der Waals surface area contributed by atoms with Gasteiger partial charge in [-0.2, -0.15) is 5.10 Å². The van der Waals surface area contributed by atoms with E-state index in [0.717, 1.165) is 21.6 Å². The second-order valence-electron chi connectivity index (χ2n) is 5.69. The molecule has 1 N–H and O–H groups in total. The minimum atomic E-state index is -0.973. The standard InChI is InChI=1S/C18H14N4O3S/c23-17-13-4-2-1-3-12(13)16(14-5-6-15(26-14)18(24)25)20-22(17)10-9-21-8-7-19-11-21/h1-8,11H,9-10H2,(H,24,25). The van der Waals surface area contributed by atoms with Crippen molar-refractivity contribution < 1.29 is 9.90 Å². The van der Waals surface area contributed by atoms with Gasteiger partial charge in [0.25, 0.3) is 5.56 Å². The Balaban J connectivity index is 1.83. The number of carboxylic acid groups (broad SMARTS) is 1. The number of rotatable bonds is 5. The summed E-state index contributed by atoms with van der Waals surface area (Å²) in [5, 5.41) is 15.0. The minimum Gasteiger partial charge on any atom is -0.477 e. The predicted octanol–water partition coefficient (Wildman–Crippen LogP) is 2.72. The van der Waals surface area contributed by atoms with Crippen molar-refractivity contribution in [3.63, 3.8) is 0 Å². The summed E-state index contributed by atoms with van der Waals surface area (Å²) in [7, 11) is 0. The first kappa shape index (κ1) is 16.2. The van der Waals surface area contributed by atoms with Gasteiger partial charge in [-0.3, -0.25) is 4.79 Å². The smallest absolute Gasteiger partial charge is 0.345 e. The monoisotopic (exact) mass is 366 g/mol. The van der Waals surface area contributed by atoms with Gasteiger partial charge < -0.3 is 9.67 Å². The number of fused-ring (bicyclic) bond motifs is 1. The summed E-state index contributed by atoms with van der Waals surface area (Å²) in [5.41, 5.74) is 0.447. The molecule has 26 heavy (non-hydrogen) atoms. The van der Waals surface area contributed by atoms with Gasteiger partial charge in [-0.15, -0.1) is 11.3 Å². The Morgan fingerprint density at radius 3 is 2.62 bits per heavy atom. The summed E-state index contributed by atoms with van der Waals surface area (Å²) >= 11 is 1.15. The van der Waals surface area contributed by atoms with Crippen molar-refractivity contribution in [1.29, 1.82) is 0 Å². The highest BCUT2D eigenvalue weighted by molar-refractivity contribution is 7.17. The molecule has 0 saturated carbocycles. The number of carboxylic acids is 1. The fraction of sp³-hybridized carbons (Fsp3) is 0.111. The molecule has 130 valence electrons. The Morgan fingerprint density at radius 2 is 1.92 bits per heavy atom. The Kier molecular flexibility index (Phi) is 4.10. The van der Waals surface area contributed by atoms with E-state index in [-0.39, 0.29) is 10.4 Å². The number of aromatic nitrogens is 4. The second kappa shape index (κ2) is 6.57. The molecule has 1 aromatic carbocycles.